The van der Waals surface area contributed by atoms with Gasteiger partial charge in [-0.2, -0.15) is 0 Å². The third-order valence-corrected chi connectivity index (χ3v) is 2.08. The molecule has 0 amide bonds. The molecule has 4 nitrogen and oxygen atoms in total. The molecule has 0 rings (SSSR count). The number of carboxylic acids is 1. The van der Waals surface area contributed by atoms with Crippen LogP contribution in [0.2, 0.25) is 0 Å². The van der Waals surface area contributed by atoms with Gasteiger partial charge in [-0.15, -0.1) is 0 Å². The monoisotopic (exact) mass is 203 g/mol. The number of hydrogen-bond acceptors (Lipinski definition) is 3. The third-order valence-electron chi connectivity index (χ3n) is 2.08. The van der Waals surface area contributed by atoms with Gasteiger partial charge < -0.3 is 10.2 Å². The lowest BCUT2D eigenvalue weighted by atomic mass is 9.90. The van der Waals surface area contributed by atoms with Crippen LogP contribution in [0.4, 0.5) is 0 Å². The van der Waals surface area contributed by atoms with Crippen molar-refractivity contribution in [2.45, 2.75) is 45.8 Å². The Bertz CT molecular complexity index is 192. The number of aliphatic hydroxyl groups excluding tert-OH is 1. The van der Waals surface area contributed by atoms with Gasteiger partial charge in [0.15, 0.2) is 0 Å². The van der Waals surface area contributed by atoms with Crippen molar-refractivity contribution >= 4 is 5.97 Å². The van der Waals surface area contributed by atoms with Crippen LogP contribution in [0.25, 0.3) is 0 Å². The first-order chi connectivity index (χ1) is 6.28. The summed E-state index contributed by atoms with van der Waals surface area (Å²) in [6.45, 7) is 7.54. The second-order valence-corrected chi connectivity index (χ2v) is 4.47. The third kappa shape index (κ3) is 4.58. The summed E-state index contributed by atoms with van der Waals surface area (Å²) in [4.78, 5) is 11.0. The Hall–Kier alpha value is -0.610. The van der Waals surface area contributed by atoms with Crippen LogP contribution in [-0.4, -0.2) is 34.4 Å². The zero-order valence-electron chi connectivity index (χ0n) is 9.37. The molecule has 0 spiro atoms. The normalized spacial score (nSPS) is 17.9. The molecule has 0 aliphatic heterocycles. The maximum atomic E-state index is 11.0. The smallest absolute Gasteiger partial charge is 0.323 e. The van der Waals surface area contributed by atoms with Crippen LogP contribution >= 0.6 is 0 Å². The quantitative estimate of drug-likeness (QED) is 0.598. The topological polar surface area (TPSA) is 69.6 Å². The fourth-order valence-corrected chi connectivity index (χ4v) is 1.42. The summed E-state index contributed by atoms with van der Waals surface area (Å²) in [5, 5.41) is 21.0. The van der Waals surface area contributed by atoms with Crippen molar-refractivity contribution in [3.05, 3.63) is 0 Å². The molecule has 0 saturated heterocycles. The Morgan fingerprint density at radius 1 is 1.43 bits per heavy atom. The van der Waals surface area contributed by atoms with Crippen molar-refractivity contribution in [1.29, 1.82) is 0 Å². The first kappa shape index (κ1) is 13.4. The molecule has 0 heterocycles. The van der Waals surface area contributed by atoms with Crippen LogP contribution in [-0.2, 0) is 4.79 Å². The molecule has 2 unspecified atom stereocenters. The van der Waals surface area contributed by atoms with E-state index in [1.165, 1.54) is 0 Å². The van der Waals surface area contributed by atoms with E-state index in [9.17, 15) is 4.79 Å². The van der Waals surface area contributed by atoms with Crippen LogP contribution in [0.1, 0.15) is 34.1 Å². The molecule has 0 aromatic heterocycles. The van der Waals surface area contributed by atoms with Gasteiger partial charge in [0.05, 0.1) is 6.10 Å². The van der Waals surface area contributed by atoms with Crippen LogP contribution in [0.3, 0.4) is 0 Å². The van der Waals surface area contributed by atoms with E-state index < -0.39 is 17.6 Å². The number of aliphatic carboxylic acids is 1. The lowest BCUT2D eigenvalue weighted by Crippen LogP contribution is -2.52. The van der Waals surface area contributed by atoms with E-state index in [2.05, 4.69) is 5.32 Å². The van der Waals surface area contributed by atoms with Gasteiger partial charge in [0.25, 0.3) is 0 Å². The summed E-state index contributed by atoms with van der Waals surface area (Å²) in [6, 6.07) is 0. The number of carboxylic acid groups (broad SMARTS) is 1. The molecule has 0 fully saturated rings. The summed E-state index contributed by atoms with van der Waals surface area (Å²) < 4.78 is 0. The number of aliphatic hydroxyl groups is 1. The van der Waals surface area contributed by atoms with E-state index >= 15 is 0 Å². The summed E-state index contributed by atoms with van der Waals surface area (Å²) in [6.07, 6.45) is 0.0236. The van der Waals surface area contributed by atoms with Crippen LogP contribution in [0, 0.1) is 5.92 Å². The minimum atomic E-state index is -0.939. The SMILES string of the molecule is CC(C)CC(C)(NCC(C)O)C(=O)O. The van der Waals surface area contributed by atoms with E-state index in [0.29, 0.717) is 18.9 Å². The molecule has 0 aliphatic rings. The van der Waals surface area contributed by atoms with Gasteiger partial charge in [-0.05, 0) is 26.2 Å². The summed E-state index contributed by atoms with van der Waals surface area (Å²) in [7, 11) is 0. The highest BCUT2D eigenvalue weighted by molar-refractivity contribution is 5.78. The Morgan fingerprint density at radius 2 is 1.93 bits per heavy atom. The van der Waals surface area contributed by atoms with Crippen molar-refractivity contribution in [1.82, 2.24) is 5.32 Å². The van der Waals surface area contributed by atoms with Crippen LogP contribution in [0.5, 0.6) is 0 Å². The fourth-order valence-electron chi connectivity index (χ4n) is 1.42. The Morgan fingerprint density at radius 3 is 2.21 bits per heavy atom. The predicted octanol–water partition coefficient (Wildman–Crippen LogP) is 0.846. The van der Waals surface area contributed by atoms with E-state index in [1.54, 1.807) is 13.8 Å². The van der Waals surface area contributed by atoms with Crippen molar-refractivity contribution in [3.8, 4) is 0 Å². The molecule has 0 saturated carbocycles. The average molecular weight is 203 g/mol. The lowest BCUT2D eigenvalue weighted by Gasteiger charge is -2.28. The number of rotatable bonds is 6. The van der Waals surface area contributed by atoms with Crippen molar-refractivity contribution < 1.29 is 15.0 Å². The Kier molecular flexibility index (Phi) is 5.08. The van der Waals surface area contributed by atoms with Gasteiger partial charge >= 0.3 is 5.97 Å². The highest BCUT2D eigenvalue weighted by Gasteiger charge is 2.33. The molecule has 0 aromatic rings. The predicted molar refractivity (Wildman–Crippen MR) is 55.2 cm³/mol. The Labute approximate surface area is 85.3 Å². The number of β-amino-alcohol motifs (C(OH)–C–C–N with tert-alkyl or cyclic N) is 1. The van der Waals surface area contributed by atoms with E-state index in [1.807, 2.05) is 13.8 Å². The second-order valence-electron chi connectivity index (χ2n) is 4.47. The van der Waals surface area contributed by atoms with Gasteiger partial charge in [-0.25, -0.2) is 0 Å². The van der Waals surface area contributed by atoms with Gasteiger partial charge in [0.1, 0.15) is 5.54 Å². The zero-order chi connectivity index (χ0) is 11.4. The summed E-state index contributed by atoms with van der Waals surface area (Å²) in [5.74, 6) is -0.565. The van der Waals surface area contributed by atoms with Crippen molar-refractivity contribution in [2.75, 3.05) is 6.54 Å². The molecule has 0 radical (unpaired) electrons. The maximum Gasteiger partial charge on any atom is 0.323 e. The molecule has 4 heteroatoms. The molecule has 0 aliphatic carbocycles. The van der Waals surface area contributed by atoms with Gasteiger partial charge in [-0.1, -0.05) is 13.8 Å². The van der Waals surface area contributed by atoms with Gasteiger partial charge in [0.2, 0.25) is 0 Å². The standard InChI is InChI=1S/C10H21NO3/c1-7(2)5-10(4,9(13)14)11-6-8(3)12/h7-8,11-12H,5-6H2,1-4H3,(H,13,14). The second kappa shape index (κ2) is 5.32. The van der Waals surface area contributed by atoms with E-state index in [0.717, 1.165) is 0 Å². The maximum absolute atomic E-state index is 11.0. The number of carbonyl (C=O) groups is 1. The van der Waals surface area contributed by atoms with Crippen molar-refractivity contribution in [2.24, 2.45) is 5.92 Å². The molecular weight excluding hydrogens is 182 g/mol. The molecule has 14 heavy (non-hydrogen) atoms. The van der Waals surface area contributed by atoms with E-state index in [4.69, 9.17) is 10.2 Å². The van der Waals surface area contributed by atoms with Crippen LogP contribution < -0.4 is 5.32 Å². The largest absolute Gasteiger partial charge is 0.480 e. The minimum absolute atomic E-state index is 0.301. The molecule has 0 aromatic carbocycles. The first-order valence-electron chi connectivity index (χ1n) is 4.94. The molecule has 2 atom stereocenters. The van der Waals surface area contributed by atoms with Gasteiger partial charge in [0, 0.05) is 6.54 Å². The molecule has 84 valence electrons. The minimum Gasteiger partial charge on any atom is -0.480 e. The van der Waals surface area contributed by atoms with E-state index in [-0.39, 0.29) is 0 Å². The summed E-state index contributed by atoms with van der Waals surface area (Å²) >= 11 is 0. The summed E-state index contributed by atoms with van der Waals surface area (Å²) in [5.41, 5.74) is -0.939. The van der Waals surface area contributed by atoms with Crippen molar-refractivity contribution in [3.63, 3.8) is 0 Å². The number of nitrogens with one attached hydrogen (secondary N) is 1. The van der Waals surface area contributed by atoms with Crippen LogP contribution in [0.15, 0.2) is 0 Å². The zero-order valence-corrected chi connectivity index (χ0v) is 9.37. The average Bonchev–Trinajstić information content (AvgIpc) is 1.99. The molecule has 3 N–H and O–H groups in total. The fraction of sp³-hybridized carbons (Fsp3) is 0.900. The molecular formula is C10H21NO3. The highest BCUT2D eigenvalue weighted by atomic mass is 16.4. The highest BCUT2D eigenvalue weighted by Crippen LogP contribution is 2.16. The first-order valence-corrected chi connectivity index (χ1v) is 4.94. The van der Waals surface area contributed by atoms with Gasteiger partial charge in [-0.3, -0.25) is 10.1 Å². The lowest BCUT2D eigenvalue weighted by molar-refractivity contribution is -0.145. The number of hydrogen-bond donors (Lipinski definition) is 3. The Balaban J connectivity index is 4.32. The molecule has 0 bridgehead atoms.